The first kappa shape index (κ1) is 17.7. The van der Waals surface area contributed by atoms with Crippen molar-refractivity contribution in [1.29, 1.82) is 0 Å². The summed E-state index contributed by atoms with van der Waals surface area (Å²) in [6, 6.07) is 8.42. The molecule has 1 saturated carbocycles. The molecule has 25 heavy (non-hydrogen) atoms. The summed E-state index contributed by atoms with van der Waals surface area (Å²) in [6.07, 6.45) is 6.27. The van der Waals surface area contributed by atoms with Gasteiger partial charge in [-0.25, -0.2) is 4.79 Å². The topological polar surface area (TPSA) is 79.5 Å². The zero-order valence-electron chi connectivity index (χ0n) is 14.7. The van der Waals surface area contributed by atoms with E-state index in [2.05, 4.69) is 16.0 Å². The third kappa shape index (κ3) is 4.72. The molecule has 2 aliphatic rings. The van der Waals surface area contributed by atoms with Gasteiger partial charge in [0, 0.05) is 18.3 Å². The van der Waals surface area contributed by atoms with Crippen LogP contribution < -0.4 is 16.0 Å². The van der Waals surface area contributed by atoms with E-state index in [0.29, 0.717) is 12.3 Å². The Labute approximate surface area is 148 Å². The monoisotopic (exact) mass is 345 g/mol. The van der Waals surface area contributed by atoms with Crippen LogP contribution in [0.2, 0.25) is 0 Å². The van der Waals surface area contributed by atoms with Crippen LogP contribution in [0.15, 0.2) is 30.3 Å². The third-order valence-electron chi connectivity index (χ3n) is 5.13. The zero-order chi connectivity index (χ0) is 17.7. The van der Waals surface area contributed by atoms with E-state index in [4.69, 9.17) is 4.74 Å². The highest BCUT2D eigenvalue weighted by molar-refractivity contribution is 5.96. The number of amides is 3. The van der Waals surface area contributed by atoms with E-state index in [0.717, 1.165) is 25.7 Å². The smallest absolute Gasteiger partial charge is 0.315 e. The van der Waals surface area contributed by atoms with Crippen molar-refractivity contribution < 1.29 is 14.3 Å². The molecular formula is C19H27N3O3. The minimum atomic E-state index is -0.611. The Kier molecular flexibility index (Phi) is 5.58. The second-order valence-corrected chi connectivity index (χ2v) is 7.12. The molecule has 2 fully saturated rings. The molecule has 6 nitrogen and oxygen atoms in total. The Morgan fingerprint density at radius 1 is 1.20 bits per heavy atom. The predicted molar refractivity (Wildman–Crippen MR) is 96.4 cm³/mol. The second kappa shape index (κ2) is 7.87. The van der Waals surface area contributed by atoms with Gasteiger partial charge in [-0.05, 0) is 44.7 Å². The summed E-state index contributed by atoms with van der Waals surface area (Å²) in [6.45, 7) is 2.37. The summed E-state index contributed by atoms with van der Waals surface area (Å²) >= 11 is 0. The Hall–Kier alpha value is -2.08. The van der Waals surface area contributed by atoms with Crippen LogP contribution in [0.25, 0.3) is 0 Å². The fourth-order valence-corrected chi connectivity index (χ4v) is 3.78. The summed E-state index contributed by atoms with van der Waals surface area (Å²) in [4.78, 5) is 24.4. The number of anilines is 1. The Morgan fingerprint density at radius 3 is 2.64 bits per heavy atom. The molecule has 1 aliphatic heterocycles. The number of urea groups is 1. The minimum absolute atomic E-state index is 0.0352. The first-order valence-electron chi connectivity index (χ1n) is 9.13. The SMILES string of the molecule is C[C@H](NC(=O)N[C@@H]1CCOC2(CCCC2)C1)C(=O)Nc1ccccc1. The normalized spacial score (nSPS) is 23.0. The van der Waals surface area contributed by atoms with Crippen molar-refractivity contribution in [2.75, 3.05) is 11.9 Å². The maximum absolute atomic E-state index is 12.2. The molecule has 0 radical (unpaired) electrons. The van der Waals surface area contributed by atoms with Gasteiger partial charge in [0.1, 0.15) is 6.04 Å². The highest BCUT2D eigenvalue weighted by Crippen LogP contribution is 2.39. The van der Waals surface area contributed by atoms with Crippen LogP contribution in [0.1, 0.15) is 45.4 Å². The second-order valence-electron chi connectivity index (χ2n) is 7.12. The van der Waals surface area contributed by atoms with Crippen molar-refractivity contribution in [3.63, 3.8) is 0 Å². The maximum atomic E-state index is 12.2. The maximum Gasteiger partial charge on any atom is 0.315 e. The lowest BCUT2D eigenvalue weighted by Crippen LogP contribution is -2.53. The van der Waals surface area contributed by atoms with Crippen LogP contribution >= 0.6 is 0 Å². The minimum Gasteiger partial charge on any atom is -0.375 e. The van der Waals surface area contributed by atoms with Crippen LogP contribution in [0.5, 0.6) is 0 Å². The van der Waals surface area contributed by atoms with Gasteiger partial charge in [-0.2, -0.15) is 0 Å². The van der Waals surface area contributed by atoms with Crippen molar-refractivity contribution >= 4 is 17.6 Å². The van der Waals surface area contributed by atoms with Crippen molar-refractivity contribution in [3.8, 4) is 0 Å². The van der Waals surface area contributed by atoms with Gasteiger partial charge in [0.15, 0.2) is 0 Å². The van der Waals surface area contributed by atoms with Gasteiger partial charge < -0.3 is 20.7 Å². The Bertz CT molecular complexity index is 599. The molecule has 1 heterocycles. The summed E-state index contributed by atoms with van der Waals surface area (Å²) in [5.41, 5.74) is 0.682. The van der Waals surface area contributed by atoms with Crippen molar-refractivity contribution in [3.05, 3.63) is 30.3 Å². The van der Waals surface area contributed by atoms with E-state index in [1.165, 1.54) is 12.8 Å². The molecule has 1 saturated heterocycles. The van der Waals surface area contributed by atoms with Crippen LogP contribution in [-0.4, -0.2) is 36.2 Å². The highest BCUT2D eigenvalue weighted by Gasteiger charge is 2.40. The quantitative estimate of drug-likeness (QED) is 0.785. The zero-order valence-corrected chi connectivity index (χ0v) is 14.7. The molecule has 6 heteroatoms. The largest absolute Gasteiger partial charge is 0.375 e. The molecule has 3 rings (SSSR count). The standard InChI is InChI=1S/C19H27N3O3/c1-14(17(23)21-15-7-3-2-4-8-15)20-18(24)22-16-9-12-25-19(13-16)10-5-6-11-19/h2-4,7-8,14,16H,5-6,9-13H2,1H3,(H,21,23)(H2,20,22,24)/t14-,16+/m0/s1. The number of para-hydroxylation sites is 1. The molecule has 2 atom stereocenters. The molecular weight excluding hydrogens is 318 g/mol. The van der Waals surface area contributed by atoms with E-state index in [1.54, 1.807) is 6.92 Å². The number of rotatable bonds is 4. The number of carbonyl (C=O) groups excluding carboxylic acids is 2. The highest BCUT2D eigenvalue weighted by atomic mass is 16.5. The summed E-state index contributed by atoms with van der Waals surface area (Å²) in [7, 11) is 0. The predicted octanol–water partition coefficient (Wildman–Crippen LogP) is 2.80. The van der Waals surface area contributed by atoms with Gasteiger partial charge in [0.25, 0.3) is 0 Å². The number of hydrogen-bond acceptors (Lipinski definition) is 3. The first-order valence-corrected chi connectivity index (χ1v) is 9.13. The molecule has 0 bridgehead atoms. The van der Waals surface area contributed by atoms with E-state index >= 15 is 0 Å². The summed E-state index contributed by atoms with van der Waals surface area (Å²) in [5.74, 6) is -0.236. The molecule has 3 amide bonds. The molecule has 1 aliphatic carbocycles. The van der Waals surface area contributed by atoms with Crippen molar-refractivity contribution in [2.45, 2.75) is 63.1 Å². The molecule has 0 unspecified atom stereocenters. The third-order valence-corrected chi connectivity index (χ3v) is 5.13. The molecule has 1 aromatic carbocycles. The Morgan fingerprint density at radius 2 is 1.92 bits per heavy atom. The van der Waals surface area contributed by atoms with E-state index in [9.17, 15) is 9.59 Å². The average molecular weight is 345 g/mol. The molecule has 1 spiro atoms. The van der Waals surface area contributed by atoms with Gasteiger partial charge in [-0.3, -0.25) is 4.79 Å². The summed E-state index contributed by atoms with van der Waals surface area (Å²) in [5, 5.41) is 8.52. The van der Waals surface area contributed by atoms with Crippen LogP contribution in [-0.2, 0) is 9.53 Å². The number of carbonyl (C=O) groups is 2. The number of ether oxygens (including phenoxy) is 1. The van der Waals surface area contributed by atoms with Crippen LogP contribution in [0.4, 0.5) is 10.5 Å². The van der Waals surface area contributed by atoms with E-state index in [1.807, 2.05) is 30.3 Å². The van der Waals surface area contributed by atoms with E-state index in [-0.39, 0.29) is 23.6 Å². The first-order chi connectivity index (χ1) is 12.1. The molecule has 1 aromatic rings. The van der Waals surface area contributed by atoms with Gasteiger partial charge >= 0.3 is 6.03 Å². The molecule has 0 aromatic heterocycles. The van der Waals surface area contributed by atoms with Crippen LogP contribution in [0.3, 0.4) is 0 Å². The van der Waals surface area contributed by atoms with E-state index < -0.39 is 6.04 Å². The van der Waals surface area contributed by atoms with Crippen molar-refractivity contribution in [1.82, 2.24) is 10.6 Å². The van der Waals surface area contributed by atoms with Crippen molar-refractivity contribution in [2.24, 2.45) is 0 Å². The fourth-order valence-electron chi connectivity index (χ4n) is 3.78. The average Bonchev–Trinajstić information content (AvgIpc) is 3.03. The fraction of sp³-hybridized carbons (Fsp3) is 0.579. The lowest BCUT2D eigenvalue weighted by Gasteiger charge is -2.38. The van der Waals surface area contributed by atoms with Gasteiger partial charge in [-0.15, -0.1) is 0 Å². The molecule has 3 N–H and O–H groups in total. The van der Waals surface area contributed by atoms with Crippen LogP contribution in [0, 0.1) is 0 Å². The summed E-state index contributed by atoms with van der Waals surface area (Å²) < 4.78 is 5.99. The van der Waals surface area contributed by atoms with Gasteiger partial charge in [-0.1, -0.05) is 31.0 Å². The van der Waals surface area contributed by atoms with Gasteiger partial charge in [0.2, 0.25) is 5.91 Å². The van der Waals surface area contributed by atoms with Gasteiger partial charge in [0.05, 0.1) is 5.60 Å². The molecule has 136 valence electrons. The lowest BCUT2D eigenvalue weighted by molar-refractivity contribution is -0.117. The Balaban J connectivity index is 1.46. The number of benzene rings is 1. The number of hydrogen-bond donors (Lipinski definition) is 3. The number of nitrogens with one attached hydrogen (secondary N) is 3. The lowest BCUT2D eigenvalue weighted by atomic mass is 9.89.